The van der Waals surface area contributed by atoms with Gasteiger partial charge in [0.05, 0.1) is 13.4 Å². The zero-order valence-corrected chi connectivity index (χ0v) is 9.83. The number of benzene rings is 1. The predicted octanol–water partition coefficient (Wildman–Crippen LogP) is 2.42. The lowest BCUT2D eigenvalue weighted by Gasteiger charge is -2.10. The van der Waals surface area contributed by atoms with Crippen LogP contribution >= 0.6 is 0 Å². The van der Waals surface area contributed by atoms with Crippen LogP contribution in [-0.4, -0.2) is 13.1 Å². The van der Waals surface area contributed by atoms with Crippen LogP contribution in [0.15, 0.2) is 53.1 Å². The van der Waals surface area contributed by atoms with Gasteiger partial charge in [0.25, 0.3) is 0 Å². The third-order valence-corrected chi connectivity index (χ3v) is 3.11. The molecule has 2 heterocycles. The van der Waals surface area contributed by atoms with Crippen LogP contribution in [0.2, 0.25) is 0 Å². The minimum absolute atomic E-state index is 0.407. The minimum atomic E-state index is -1.06. The van der Waals surface area contributed by atoms with Crippen molar-refractivity contribution in [2.75, 3.05) is 7.11 Å². The molecule has 1 aliphatic rings. The van der Waals surface area contributed by atoms with Crippen molar-refractivity contribution in [1.82, 2.24) is 0 Å². The number of methoxy groups -OCH3 is 1. The Morgan fingerprint density at radius 3 is 2.61 bits per heavy atom. The number of esters is 1. The number of rotatable bonds is 3. The molecule has 92 valence electrons. The van der Waals surface area contributed by atoms with Gasteiger partial charge in [-0.15, -0.1) is 0 Å². The molecular weight excluding hydrogens is 232 g/mol. The van der Waals surface area contributed by atoms with Crippen LogP contribution in [0, 0.1) is 0 Å². The van der Waals surface area contributed by atoms with Gasteiger partial charge in [-0.3, -0.25) is 0 Å². The maximum atomic E-state index is 12.0. The van der Waals surface area contributed by atoms with E-state index < -0.39 is 17.7 Å². The summed E-state index contributed by atoms with van der Waals surface area (Å²) in [6.45, 7) is 0. The van der Waals surface area contributed by atoms with Gasteiger partial charge in [-0.25, -0.2) is 4.79 Å². The van der Waals surface area contributed by atoms with E-state index in [4.69, 9.17) is 13.9 Å². The molecule has 3 rings (SSSR count). The molecule has 4 heteroatoms. The second kappa shape index (κ2) is 3.99. The van der Waals surface area contributed by atoms with Gasteiger partial charge in [0.1, 0.15) is 5.76 Å². The van der Waals surface area contributed by atoms with E-state index in [9.17, 15) is 4.79 Å². The Bertz CT molecular complexity index is 546. The van der Waals surface area contributed by atoms with E-state index in [-0.39, 0.29) is 0 Å². The maximum absolute atomic E-state index is 12.0. The summed E-state index contributed by atoms with van der Waals surface area (Å²) in [5.41, 5.74) is -0.285. The number of hydrogen-bond donors (Lipinski definition) is 0. The second-order valence-corrected chi connectivity index (χ2v) is 4.11. The highest BCUT2D eigenvalue weighted by Crippen LogP contribution is 2.57. The fourth-order valence-electron chi connectivity index (χ4n) is 2.18. The summed E-state index contributed by atoms with van der Waals surface area (Å²) >= 11 is 0. The highest BCUT2D eigenvalue weighted by atomic mass is 16.7. The molecule has 4 nitrogen and oxygen atoms in total. The highest BCUT2D eigenvalue weighted by molar-refractivity contribution is 5.85. The normalized spacial score (nSPS) is 25.7. The van der Waals surface area contributed by atoms with Gasteiger partial charge in [0, 0.05) is 0 Å². The Morgan fingerprint density at radius 1 is 1.22 bits per heavy atom. The summed E-state index contributed by atoms with van der Waals surface area (Å²) in [5.74, 6) is 0.222. The van der Waals surface area contributed by atoms with Crippen molar-refractivity contribution >= 4 is 5.97 Å². The number of furan rings is 1. The SMILES string of the molecule is COC(=O)[C@]1(c2ccccc2)O[C@@H]1c1ccco1. The van der Waals surface area contributed by atoms with Crippen molar-refractivity contribution in [1.29, 1.82) is 0 Å². The standard InChI is InChI=1S/C14H12O4/c1-16-13(15)14(10-6-3-2-4-7-10)12(18-14)11-8-5-9-17-11/h2-9,12H,1H3/t12-,14-/m1/s1. The molecule has 1 aliphatic heterocycles. The van der Waals surface area contributed by atoms with Crippen molar-refractivity contribution in [2.45, 2.75) is 11.7 Å². The average molecular weight is 244 g/mol. The van der Waals surface area contributed by atoms with E-state index in [1.165, 1.54) is 7.11 Å². The summed E-state index contributed by atoms with van der Waals surface area (Å²) in [7, 11) is 1.36. The monoisotopic (exact) mass is 244 g/mol. The molecule has 0 amide bonds. The van der Waals surface area contributed by atoms with E-state index in [1.807, 2.05) is 30.3 Å². The molecule has 0 bridgehead atoms. The molecule has 2 aromatic rings. The van der Waals surface area contributed by atoms with E-state index in [2.05, 4.69) is 0 Å². The summed E-state index contributed by atoms with van der Waals surface area (Å²) in [6.07, 6.45) is 1.15. The van der Waals surface area contributed by atoms with Crippen LogP contribution in [0.5, 0.6) is 0 Å². The summed E-state index contributed by atoms with van der Waals surface area (Å²) in [4.78, 5) is 12.0. The zero-order valence-electron chi connectivity index (χ0n) is 9.83. The van der Waals surface area contributed by atoms with Gasteiger partial charge in [-0.05, 0) is 17.7 Å². The Kier molecular flexibility index (Phi) is 2.45. The first-order valence-electron chi connectivity index (χ1n) is 5.64. The molecule has 0 saturated carbocycles. The Labute approximate surface area is 104 Å². The molecule has 0 spiro atoms. The largest absolute Gasteiger partial charge is 0.467 e. The molecule has 0 unspecified atom stereocenters. The summed E-state index contributed by atoms with van der Waals surface area (Å²) < 4.78 is 15.8. The van der Waals surface area contributed by atoms with Crippen LogP contribution in [0.4, 0.5) is 0 Å². The number of hydrogen-bond acceptors (Lipinski definition) is 4. The van der Waals surface area contributed by atoms with Gasteiger partial charge >= 0.3 is 5.97 Å². The van der Waals surface area contributed by atoms with E-state index in [1.54, 1.807) is 18.4 Å². The lowest BCUT2D eigenvalue weighted by atomic mass is 9.94. The smallest absolute Gasteiger partial charge is 0.346 e. The van der Waals surface area contributed by atoms with Crippen molar-refractivity contribution in [3.8, 4) is 0 Å². The predicted molar refractivity (Wildman–Crippen MR) is 62.7 cm³/mol. The van der Waals surface area contributed by atoms with Crippen LogP contribution in [-0.2, 0) is 19.9 Å². The molecule has 0 N–H and O–H groups in total. The third-order valence-electron chi connectivity index (χ3n) is 3.11. The second-order valence-electron chi connectivity index (χ2n) is 4.11. The van der Waals surface area contributed by atoms with Crippen LogP contribution < -0.4 is 0 Å². The van der Waals surface area contributed by atoms with Crippen molar-refractivity contribution in [3.63, 3.8) is 0 Å². The number of ether oxygens (including phenoxy) is 2. The first kappa shape index (κ1) is 11.0. The first-order valence-corrected chi connectivity index (χ1v) is 5.64. The minimum Gasteiger partial charge on any atom is -0.467 e. The molecule has 2 atom stereocenters. The third kappa shape index (κ3) is 1.46. The van der Waals surface area contributed by atoms with Crippen molar-refractivity contribution in [3.05, 3.63) is 60.1 Å². The summed E-state index contributed by atoms with van der Waals surface area (Å²) in [6, 6.07) is 12.9. The van der Waals surface area contributed by atoms with Gasteiger partial charge < -0.3 is 13.9 Å². The lowest BCUT2D eigenvalue weighted by Crippen LogP contribution is -2.24. The fraction of sp³-hybridized carbons (Fsp3) is 0.214. The van der Waals surface area contributed by atoms with Gasteiger partial charge in [0.2, 0.25) is 5.60 Å². The fourth-order valence-corrected chi connectivity index (χ4v) is 2.18. The molecule has 1 saturated heterocycles. The first-order chi connectivity index (χ1) is 8.79. The number of carbonyl (C=O) groups is 1. The molecule has 1 aromatic carbocycles. The van der Waals surface area contributed by atoms with Crippen LogP contribution in [0.3, 0.4) is 0 Å². The van der Waals surface area contributed by atoms with Gasteiger partial charge in [-0.1, -0.05) is 30.3 Å². The van der Waals surface area contributed by atoms with Gasteiger partial charge in [0.15, 0.2) is 6.10 Å². The molecule has 1 aromatic heterocycles. The zero-order chi connectivity index (χ0) is 12.6. The lowest BCUT2D eigenvalue weighted by molar-refractivity contribution is -0.147. The van der Waals surface area contributed by atoms with Gasteiger partial charge in [-0.2, -0.15) is 0 Å². The Morgan fingerprint density at radius 2 is 2.00 bits per heavy atom. The molecule has 0 aliphatic carbocycles. The molecule has 18 heavy (non-hydrogen) atoms. The number of carbonyl (C=O) groups excluding carboxylic acids is 1. The highest BCUT2D eigenvalue weighted by Gasteiger charge is 2.67. The van der Waals surface area contributed by atoms with Crippen molar-refractivity contribution in [2.24, 2.45) is 0 Å². The Balaban J connectivity index is 2.01. The molecular formula is C14H12O4. The quantitative estimate of drug-likeness (QED) is 0.614. The van der Waals surface area contributed by atoms with Crippen molar-refractivity contribution < 1.29 is 18.7 Å². The Hall–Kier alpha value is -2.07. The molecule has 1 fully saturated rings. The van der Waals surface area contributed by atoms with E-state index in [0.29, 0.717) is 5.76 Å². The number of epoxide rings is 1. The topological polar surface area (TPSA) is 52.0 Å². The van der Waals surface area contributed by atoms with Crippen LogP contribution in [0.25, 0.3) is 0 Å². The molecule has 0 radical (unpaired) electrons. The van der Waals surface area contributed by atoms with E-state index >= 15 is 0 Å². The average Bonchev–Trinajstić information content (AvgIpc) is 2.96. The van der Waals surface area contributed by atoms with Crippen LogP contribution in [0.1, 0.15) is 17.4 Å². The maximum Gasteiger partial charge on any atom is 0.346 e. The summed E-state index contributed by atoms with van der Waals surface area (Å²) in [5, 5.41) is 0. The van der Waals surface area contributed by atoms with E-state index in [0.717, 1.165) is 5.56 Å².